The highest BCUT2D eigenvalue weighted by molar-refractivity contribution is 5.98. The van der Waals surface area contributed by atoms with Crippen molar-refractivity contribution in [2.24, 2.45) is 0 Å². The monoisotopic (exact) mass is 416 g/mol. The average Bonchev–Trinajstić information content (AvgIpc) is 2.80. The van der Waals surface area contributed by atoms with Crippen LogP contribution in [0.1, 0.15) is 31.8 Å². The van der Waals surface area contributed by atoms with Crippen LogP contribution in [0.3, 0.4) is 0 Å². The van der Waals surface area contributed by atoms with E-state index in [1.807, 2.05) is 36.4 Å². The molecule has 0 bridgehead atoms. The number of aromatic carboxylic acids is 1. The minimum atomic E-state index is -0.988. The van der Waals surface area contributed by atoms with Crippen molar-refractivity contribution in [3.63, 3.8) is 0 Å². The Hall–Kier alpha value is -4.13. The van der Waals surface area contributed by atoms with Crippen LogP contribution in [0.25, 0.3) is 0 Å². The first kappa shape index (κ1) is 20.2. The number of nitrogens with zero attached hydrogens (tertiary/aromatic N) is 1. The van der Waals surface area contributed by atoms with E-state index in [-0.39, 0.29) is 24.0 Å². The zero-order valence-corrected chi connectivity index (χ0v) is 16.6. The average molecular weight is 416 g/mol. The Bertz CT molecular complexity index is 1120. The summed E-state index contributed by atoms with van der Waals surface area (Å²) in [6, 6.07) is 20.8. The van der Waals surface area contributed by atoms with Gasteiger partial charge in [0.25, 0.3) is 11.8 Å². The summed E-state index contributed by atoms with van der Waals surface area (Å²) in [5, 5.41) is 11.8. The fraction of sp³-hybridized carbons (Fsp3) is 0.125. The van der Waals surface area contributed by atoms with Gasteiger partial charge in [0.2, 0.25) is 0 Å². The summed E-state index contributed by atoms with van der Waals surface area (Å²) in [5.74, 6) is -0.663. The van der Waals surface area contributed by atoms with Gasteiger partial charge in [0.1, 0.15) is 5.75 Å². The second-order valence-corrected chi connectivity index (χ2v) is 7.12. The Morgan fingerprint density at radius 3 is 2.26 bits per heavy atom. The van der Waals surface area contributed by atoms with Gasteiger partial charge in [0.05, 0.1) is 17.8 Å². The van der Waals surface area contributed by atoms with Gasteiger partial charge in [-0.1, -0.05) is 36.4 Å². The van der Waals surface area contributed by atoms with Crippen LogP contribution in [0, 0.1) is 0 Å². The highest BCUT2D eigenvalue weighted by Crippen LogP contribution is 2.32. The van der Waals surface area contributed by atoms with Crippen LogP contribution >= 0.6 is 0 Å². The molecule has 156 valence electrons. The van der Waals surface area contributed by atoms with Crippen molar-refractivity contribution in [3.8, 4) is 5.75 Å². The Kier molecular flexibility index (Phi) is 5.66. The van der Waals surface area contributed by atoms with E-state index in [4.69, 9.17) is 9.84 Å². The van der Waals surface area contributed by atoms with Crippen LogP contribution in [0.2, 0.25) is 0 Å². The van der Waals surface area contributed by atoms with Crippen LogP contribution in [-0.2, 0) is 17.9 Å². The van der Waals surface area contributed by atoms with E-state index in [1.165, 1.54) is 12.1 Å². The maximum absolute atomic E-state index is 12.4. The molecule has 0 aromatic heterocycles. The smallest absolute Gasteiger partial charge is 0.335 e. The van der Waals surface area contributed by atoms with Crippen molar-refractivity contribution < 1.29 is 24.2 Å². The molecule has 0 saturated carbocycles. The summed E-state index contributed by atoms with van der Waals surface area (Å²) in [5.41, 5.74) is 3.13. The van der Waals surface area contributed by atoms with Crippen LogP contribution < -0.4 is 15.0 Å². The Morgan fingerprint density at radius 2 is 1.55 bits per heavy atom. The first-order valence-corrected chi connectivity index (χ1v) is 9.73. The van der Waals surface area contributed by atoms with Crippen LogP contribution in [0.4, 0.5) is 5.69 Å². The molecule has 0 atom stereocenters. The third-order valence-corrected chi connectivity index (χ3v) is 5.02. The number of rotatable bonds is 6. The van der Waals surface area contributed by atoms with Gasteiger partial charge < -0.3 is 20.1 Å². The minimum Gasteiger partial charge on any atom is -0.482 e. The summed E-state index contributed by atoms with van der Waals surface area (Å²) in [4.78, 5) is 37.3. The van der Waals surface area contributed by atoms with Gasteiger partial charge in [-0.25, -0.2) is 4.79 Å². The topological polar surface area (TPSA) is 95.9 Å². The number of carboxylic acid groups (broad SMARTS) is 1. The standard InChI is InChI=1S/C24H20N2O5/c27-22-15-31-21-4-2-1-3-20(21)26(22)14-17-7-9-18(10-8-17)23(28)25-13-16-5-11-19(12-6-16)24(29)30/h1-12H,13-15H2,(H,25,28)(H,29,30). The first-order chi connectivity index (χ1) is 15.0. The van der Waals surface area contributed by atoms with Crippen LogP contribution in [-0.4, -0.2) is 29.5 Å². The number of ether oxygens (including phenoxy) is 1. The normalized spacial score (nSPS) is 12.6. The number of carboxylic acids is 1. The lowest BCUT2D eigenvalue weighted by Crippen LogP contribution is -2.38. The molecule has 1 aliphatic rings. The molecule has 7 heteroatoms. The van der Waals surface area contributed by atoms with Crippen LogP contribution in [0.5, 0.6) is 5.75 Å². The number of amides is 2. The number of nitrogens with one attached hydrogen (secondary N) is 1. The van der Waals surface area contributed by atoms with Crippen molar-refractivity contribution in [3.05, 3.63) is 95.1 Å². The predicted molar refractivity (Wildman–Crippen MR) is 114 cm³/mol. The van der Waals surface area contributed by atoms with E-state index in [2.05, 4.69) is 5.32 Å². The van der Waals surface area contributed by atoms with Gasteiger partial charge in [-0.2, -0.15) is 0 Å². The van der Waals surface area contributed by atoms with Crippen molar-refractivity contribution in [1.82, 2.24) is 5.32 Å². The molecule has 1 aliphatic heterocycles. The van der Waals surface area contributed by atoms with Gasteiger partial charge >= 0.3 is 5.97 Å². The number of anilines is 1. The Morgan fingerprint density at radius 1 is 0.903 bits per heavy atom. The molecule has 1 heterocycles. The van der Waals surface area contributed by atoms with E-state index >= 15 is 0 Å². The lowest BCUT2D eigenvalue weighted by atomic mass is 10.1. The number of hydrogen-bond donors (Lipinski definition) is 2. The SMILES string of the molecule is O=C(O)c1ccc(CNC(=O)c2ccc(CN3C(=O)COc4ccccc43)cc2)cc1. The van der Waals surface area contributed by atoms with Gasteiger partial charge in [0.15, 0.2) is 6.61 Å². The number of carbonyl (C=O) groups excluding carboxylic acids is 2. The van der Waals surface area contributed by atoms with Crippen LogP contribution in [0.15, 0.2) is 72.8 Å². The molecule has 0 radical (unpaired) electrons. The maximum atomic E-state index is 12.4. The molecular weight excluding hydrogens is 396 g/mol. The quantitative estimate of drug-likeness (QED) is 0.643. The van der Waals surface area contributed by atoms with E-state index in [1.54, 1.807) is 29.2 Å². The second kappa shape index (κ2) is 8.71. The lowest BCUT2D eigenvalue weighted by Gasteiger charge is -2.29. The predicted octanol–water partition coefficient (Wildman–Crippen LogP) is 3.24. The fourth-order valence-electron chi connectivity index (χ4n) is 3.32. The lowest BCUT2D eigenvalue weighted by molar-refractivity contribution is -0.121. The Balaban J connectivity index is 1.38. The summed E-state index contributed by atoms with van der Waals surface area (Å²) in [6.45, 7) is 0.682. The number of carbonyl (C=O) groups is 3. The van der Waals surface area contributed by atoms with Gasteiger partial charge in [0, 0.05) is 12.1 Å². The molecule has 2 N–H and O–H groups in total. The summed E-state index contributed by atoms with van der Waals surface area (Å²) in [7, 11) is 0. The van der Waals surface area contributed by atoms with Crippen molar-refractivity contribution in [2.75, 3.05) is 11.5 Å². The van der Waals surface area contributed by atoms with E-state index in [0.717, 1.165) is 16.8 Å². The van der Waals surface area contributed by atoms with E-state index in [9.17, 15) is 14.4 Å². The number of hydrogen-bond acceptors (Lipinski definition) is 4. The third kappa shape index (κ3) is 4.56. The fourth-order valence-corrected chi connectivity index (χ4v) is 3.32. The summed E-state index contributed by atoms with van der Waals surface area (Å²) < 4.78 is 5.46. The van der Waals surface area contributed by atoms with Gasteiger partial charge in [-0.05, 0) is 47.5 Å². The van der Waals surface area contributed by atoms with Crippen molar-refractivity contribution in [2.45, 2.75) is 13.1 Å². The highest BCUT2D eigenvalue weighted by atomic mass is 16.5. The molecule has 0 spiro atoms. The van der Waals surface area contributed by atoms with Gasteiger partial charge in [-0.3, -0.25) is 9.59 Å². The second-order valence-electron chi connectivity index (χ2n) is 7.12. The maximum Gasteiger partial charge on any atom is 0.335 e. The largest absolute Gasteiger partial charge is 0.482 e. The zero-order valence-electron chi connectivity index (χ0n) is 16.6. The number of para-hydroxylation sites is 2. The molecule has 0 unspecified atom stereocenters. The minimum absolute atomic E-state index is 0.00491. The zero-order chi connectivity index (χ0) is 21.8. The highest BCUT2D eigenvalue weighted by Gasteiger charge is 2.25. The molecule has 0 aliphatic carbocycles. The molecule has 2 amide bonds. The number of benzene rings is 3. The molecular formula is C24H20N2O5. The van der Waals surface area contributed by atoms with Crippen molar-refractivity contribution in [1.29, 1.82) is 0 Å². The van der Waals surface area contributed by atoms with E-state index < -0.39 is 5.97 Å². The van der Waals surface area contributed by atoms with Crippen molar-refractivity contribution >= 4 is 23.5 Å². The van der Waals surface area contributed by atoms with E-state index in [0.29, 0.717) is 24.4 Å². The third-order valence-electron chi connectivity index (χ3n) is 5.02. The summed E-state index contributed by atoms with van der Waals surface area (Å²) >= 11 is 0. The molecule has 7 nitrogen and oxygen atoms in total. The number of fused-ring (bicyclic) bond motifs is 1. The summed E-state index contributed by atoms with van der Waals surface area (Å²) in [6.07, 6.45) is 0. The first-order valence-electron chi connectivity index (χ1n) is 9.73. The molecule has 0 fully saturated rings. The molecule has 3 aromatic rings. The van der Waals surface area contributed by atoms with Gasteiger partial charge in [-0.15, -0.1) is 0 Å². The molecule has 4 rings (SSSR count). The Labute approximate surface area is 178 Å². The molecule has 3 aromatic carbocycles. The molecule has 0 saturated heterocycles. The molecule has 31 heavy (non-hydrogen) atoms.